The van der Waals surface area contributed by atoms with Gasteiger partial charge in [-0.1, -0.05) is 0 Å². The second-order valence-electron chi connectivity index (χ2n) is 6.18. The van der Waals surface area contributed by atoms with E-state index in [0.29, 0.717) is 25.9 Å². The lowest BCUT2D eigenvalue weighted by Gasteiger charge is -2.38. The second kappa shape index (κ2) is 5.99. The molecular weight excluding hydrogens is 260 g/mol. The molecule has 0 radical (unpaired) electrons. The van der Waals surface area contributed by atoms with Crippen LogP contribution in [0.1, 0.15) is 39.0 Å². The molecule has 20 heavy (non-hydrogen) atoms. The minimum absolute atomic E-state index is 0.0619. The zero-order valence-corrected chi connectivity index (χ0v) is 12.0. The topological polar surface area (TPSA) is 81.1 Å². The average molecular weight is 284 g/mol. The molecule has 0 aromatic carbocycles. The van der Waals surface area contributed by atoms with Crippen molar-refractivity contribution < 1.29 is 19.8 Å². The van der Waals surface area contributed by atoms with Gasteiger partial charge in [0, 0.05) is 32.3 Å². The number of carbonyl (C=O) groups is 2. The number of hydrogen-bond acceptors (Lipinski definition) is 3. The number of piperidine rings is 1. The molecule has 0 saturated carbocycles. The van der Waals surface area contributed by atoms with Gasteiger partial charge in [0.2, 0.25) is 0 Å². The number of carbonyl (C=O) groups excluding carboxylic acids is 1. The van der Waals surface area contributed by atoms with E-state index in [-0.39, 0.29) is 25.2 Å². The van der Waals surface area contributed by atoms with Crippen LogP contribution in [0.2, 0.25) is 0 Å². The molecule has 2 aliphatic rings. The Hall–Kier alpha value is -1.30. The fraction of sp³-hybridized carbons (Fsp3) is 0.857. The number of urea groups is 1. The molecule has 0 spiro atoms. The SMILES string of the molecule is CC1(C(=O)O)CCN(C(=O)N2CCCCC2CCO)C1. The van der Waals surface area contributed by atoms with Gasteiger partial charge in [-0.2, -0.15) is 0 Å². The van der Waals surface area contributed by atoms with E-state index in [1.807, 2.05) is 4.90 Å². The zero-order valence-electron chi connectivity index (χ0n) is 12.0. The minimum Gasteiger partial charge on any atom is -0.481 e. The van der Waals surface area contributed by atoms with Crippen molar-refractivity contribution in [2.75, 3.05) is 26.2 Å². The Morgan fingerprint density at radius 3 is 2.65 bits per heavy atom. The van der Waals surface area contributed by atoms with Crippen LogP contribution in [0.15, 0.2) is 0 Å². The standard InChI is InChI=1S/C14H24N2O4/c1-14(12(18)19)6-8-15(10-14)13(20)16-7-3-2-4-11(16)5-9-17/h11,17H,2-10H2,1H3,(H,18,19). The summed E-state index contributed by atoms with van der Waals surface area (Å²) >= 11 is 0. The van der Waals surface area contributed by atoms with Crippen LogP contribution in [0.4, 0.5) is 4.79 Å². The number of carboxylic acid groups (broad SMARTS) is 1. The Labute approximate surface area is 119 Å². The van der Waals surface area contributed by atoms with Crippen LogP contribution in [0, 0.1) is 5.41 Å². The average Bonchev–Trinajstić information content (AvgIpc) is 2.83. The molecule has 0 aliphatic carbocycles. The zero-order chi connectivity index (χ0) is 14.8. The van der Waals surface area contributed by atoms with Gasteiger partial charge in [0.25, 0.3) is 0 Å². The Bertz CT molecular complexity index is 385. The third-order valence-electron chi connectivity index (χ3n) is 4.60. The van der Waals surface area contributed by atoms with E-state index in [4.69, 9.17) is 5.11 Å². The summed E-state index contributed by atoms with van der Waals surface area (Å²) in [5, 5.41) is 18.3. The highest BCUT2D eigenvalue weighted by atomic mass is 16.4. The monoisotopic (exact) mass is 284 g/mol. The Morgan fingerprint density at radius 2 is 2.05 bits per heavy atom. The van der Waals surface area contributed by atoms with Crippen LogP contribution >= 0.6 is 0 Å². The van der Waals surface area contributed by atoms with E-state index in [9.17, 15) is 14.7 Å². The molecule has 6 nitrogen and oxygen atoms in total. The fourth-order valence-corrected chi connectivity index (χ4v) is 3.18. The number of amides is 2. The number of hydrogen-bond donors (Lipinski definition) is 2. The first-order valence-corrected chi connectivity index (χ1v) is 7.38. The molecule has 2 aliphatic heterocycles. The molecule has 2 atom stereocenters. The largest absolute Gasteiger partial charge is 0.481 e. The first-order chi connectivity index (χ1) is 9.48. The molecular formula is C14H24N2O4. The molecule has 2 unspecified atom stereocenters. The van der Waals surface area contributed by atoms with Crippen molar-refractivity contribution in [2.45, 2.75) is 45.1 Å². The maximum absolute atomic E-state index is 12.6. The quantitative estimate of drug-likeness (QED) is 0.814. The molecule has 6 heteroatoms. The third-order valence-corrected chi connectivity index (χ3v) is 4.60. The van der Waals surface area contributed by atoms with Gasteiger partial charge in [-0.3, -0.25) is 4.79 Å². The van der Waals surface area contributed by atoms with Gasteiger partial charge in [0.15, 0.2) is 0 Å². The summed E-state index contributed by atoms with van der Waals surface area (Å²) in [5.41, 5.74) is -0.822. The van der Waals surface area contributed by atoms with Gasteiger partial charge >= 0.3 is 12.0 Å². The van der Waals surface area contributed by atoms with E-state index < -0.39 is 11.4 Å². The van der Waals surface area contributed by atoms with Crippen molar-refractivity contribution in [3.05, 3.63) is 0 Å². The van der Waals surface area contributed by atoms with Crippen LogP contribution in [0.3, 0.4) is 0 Å². The summed E-state index contributed by atoms with van der Waals surface area (Å²) in [6.07, 6.45) is 4.11. The highest BCUT2D eigenvalue weighted by Crippen LogP contribution is 2.32. The number of aliphatic carboxylic acids is 1. The van der Waals surface area contributed by atoms with Crippen molar-refractivity contribution in [3.63, 3.8) is 0 Å². The van der Waals surface area contributed by atoms with Gasteiger partial charge < -0.3 is 20.0 Å². The van der Waals surface area contributed by atoms with Gasteiger partial charge in [-0.15, -0.1) is 0 Å². The van der Waals surface area contributed by atoms with E-state index >= 15 is 0 Å². The van der Waals surface area contributed by atoms with E-state index in [0.717, 1.165) is 19.3 Å². The highest BCUT2D eigenvalue weighted by Gasteiger charge is 2.43. The number of nitrogens with zero attached hydrogens (tertiary/aromatic N) is 2. The van der Waals surface area contributed by atoms with Crippen molar-refractivity contribution in [1.29, 1.82) is 0 Å². The molecule has 2 fully saturated rings. The lowest BCUT2D eigenvalue weighted by Crippen LogP contribution is -2.50. The maximum atomic E-state index is 12.6. The maximum Gasteiger partial charge on any atom is 0.320 e. The lowest BCUT2D eigenvalue weighted by molar-refractivity contribution is -0.147. The van der Waals surface area contributed by atoms with Crippen LogP contribution in [-0.2, 0) is 4.79 Å². The Kier molecular flexibility index (Phi) is 4.52. The number of aliphatic hydroxyl groups excluding tert-OH is 1. The molecule has 2 rings (SSSR count). The summed E-state index contributed by atoms with van der Waals surface area (Å²) in [6, 6.07) is 0.0334. The van der Waals surface area contributed by atoms with Gasteiger partial charge in [-0.25, -0.2) is 4.79 Å². The predicted molar refractivity (Wildman–Crippen MR) is 73.4 cm³/mol. The number of carboxylic acids is 1. The van der Waals surface area contributed by atoms with Gasteiger partial charge in [0.1, 0.15) is 0 Å². The van der Waals surface area contributed by atoms with Gasteiger partial charge in [0.05, 0.1) is 5.41 Å². The molecule has 2 heterocycles. The molecule has 114 valence electrons. The smallest absolute Gasteiger partial charge is 0.320 e. The van der Waals surface area contributed by atoms with Crippen molar-refractivity contribution >= 4 is 12.0 Å². The molecule has 2 N–H and O–H groups in total. The number of likely N-dealkylation sites (tertiary alicyclic amines) is 2. The second-order valence-corrected chi connectivity index (χ2v) is 6.18. The van der Waals surface area contributed by atoms with E-state index in [2.05, 4.69) is 0 Å². The number of rotatable bonds is 3. The van der Waals surface area contributed by atoms with Gasteiger partial charge in [-0.05, 0) is 39.0 Å². The summed E-state index contributed by atoms with van der Waals surface area (Å²) < 4.78 is 0. The third kappa shape index (κ3) is 2.90. The first kappa shape index (κ1) is 15.1. The molecule has 0 aromatic heterocycles. The normalized spacial score (nSPS) is 30.6. The summed E-state index contributed by atoms with van der Waals surface area (Å²) in [6.45, 7) is 3.28. The molecule has 0 bridgehead atoms. The lowest BCUT2D eigenvalue weighted by atomic mass is 9.90. The fourth-order valence-electron chi connectivity index (χ4n) is 3.18. The van der Waals surface area contributed by atoms with Crippen molar-refractivity contribution in [2.24, 2.45) is 5.41 Å². The van der Waals surface area contributed by atoms with Crippen LogP contribution < -0.4 is 0 Å². The van der Waals surface area contributed by atoms with Crippen molar-refractivity contribution in [1.82, 2.24) is 9.80 Å². The summed E-state index contributed by atoms with van der Waals surface area (Å²) in [5.74, 6) is -0.835. The summed E-state index contributed by atoms with van der Waals surface area (Å²) in [7, 11) is 0. The van der Waals surface area contributed by atoms with Crippen LogP contribution in [0.5, 0.6) is 0 Å². The number of aliphatic hydroxyl groups is 1. The Balaban J connectivity index is 2.02. The Morgan fingerprint density at radius 1 is 1.30 bits per heavy atom. The summed E-state index contributed by atoms with van der Waals surface area (Å²) in [4.78, 5) is 27.3. The van der Waals surface area contributed by atoms with E-state index in [1.54, 1.807) is 11.8 Å². The highest BCUT2D eigenvalue weighted by molar-refractivity contribution is 5.79. The first-order valence-electron chi connectivity index (χ1n) is 7.38. The molecule has 2 amide bonds. The van der Waals surface area contributed by atoms with Crippen molar-refractivity contribution in [3.8, 4) is 0 Å². The predicted octanol–water partition coefficient (Wildman–Crippen LogP) is 1.14. The van der Waals surface area contributed by atoms with Crippen LogP contribution in [-0.4, -0.2) is 64.3 Å². The minimum atomic E-state index is -0.835. The van der Waals surface area contributed by atoms with Crippen LogP contribution in [0.25, 0.3) is 0 Å². The molecule has 0 aromatic rings. The molecule has 2 saturated heterocycles. The van der Waals surface area contributed by atoms with E-state index in [1.165, 1.54) is 0 Å².